The fourth-order valence-electron chi connectivity index (χ4n) is 4.91. The molecule has 0 bridgehead atoms. The van der Waals surface area contributed by atoms with E-state index in [9.17, 15) is 9.59 Å². The number of benzene rings is 2. The summed E-state index contributed by atoms with van der Waals surface area (Å²) in [7, 11) is 3.25. The van der Waals surface area contributed by atoms with Crippen LogP contribution in [0.2, 0.25) is 0 Å². The van der Waals surface area contributed by atoms with E-state index < -0.39 is 0 Å². The molecule has 1 fully saturated rings. The molecule has 2 heterocycles. The number of thioether (sulfide) groups is 1. The second kappa shape index (κ2) is 15.8. The van der Waals surface area contributed by atoms with Crippen LogP contribution in [0.3, 0.4) is 0 Å². The van der Waals surface area contributed by atoms with Crippen molar-refractivity contribution in [2.75, 3.05) is 59.2 Å². The molecule has 1 aliphatic heterocycles. The van der Waals surface area contributed by atoms with Gasteiger partial charge in [-0.25, -0.2) is 0 Å². The summed E-state index contributed by atoms with van der Waals surface area (Å²) in [5, 5.41) is 2.06. The van der Waals surface area contributed by atoms with Crippen molar-refractivity contribution in [2.45, 2.75) is 37.6 Å². The Hall–Kier alpha value is -3.01. The number of likely N-dealkylation sites (tertiary alicyclic amines) is 1. The van der Waals surface area contributed by atoms with E-state index in [4.69, 9.17) is 9.47 Å². The molecule has 0 radical (unpaired) electrons. The maximum Gasteiger partial charge on any atom is 0.242 e. The number of amides is 2. The van der Waals surface area contributed by atoms with Crippen LogP contribution in [0, 0.1) is 6.92 Å². The van der Waals surface area contributed by atoms with Crippen LogP contribution in [0.1, 0.15) is 28.8 Å². The van der Waals surface area contributed by atoms with E-state index in [1.165, 1.54) is 35.0 Å². The Bertz CT molecular complexity index is 1260. The molecule has 0 unspecified atom stereocenters. The first-order chi connectivity index (χ1) is 20.0. The van der Waals surface area contributed by atoms with Gasteiger partial charge in [0.1, 0.15) is 0 Å². The summed E-state index contributed by atoms with van der Waals surface area (Å²) >= 11 is 3.18. The SMILES string of the molecule is COc1ccc(CCN(Cc2sccc2C)C(=O)CN(CCN2CCCC2)C(=O)CSc2ccccc2)cc1OC. The lowest BCUT2D eigenvalue weighted by Crippen LogP contribution is -2.46. The van der Waals surface area contributed by atoms with Crippen molar-refractivity contribution in [3.05, 3.63) is 76.0 Å². The standard InChI is InChI=1S/C32H41N3O4S2/c1-25-14-20-40-30(25)22-34(17-13-26-11-12-28(38-2)29(21-26)39-3)31(36)23-35(19-18-33-15-7-8-16-33)32(37)24-41-27-9-5-4-6-10-27/h4-6,9-12,14,20-21H,7-8,13,15-19,22-24H2,1-3H3. The zero-order valence-electron chi connectivity index (χ0n) is 24.3. The summed E-state index contributed by atoms with van der Waals surface area (Å²) in [5.41, 5.74) is 2.24. The van der Waals surface area contributed by atoms with Crippen LogP contribution in [0.15, 0.2) is 64.9 Å². The van der Waals surface area contributed by atoms with Gasteiger partial charge < -0.3 is 24.2 Å². The van der Waals surface area contributed by atoms with Crippen LogP contribution < -0.4 is 9.47 Å². The summed E-state index contributed by atoms with van der Waals surface area (Å²) in [6.07, 6.45) is 3.06. The van der Waals surface area contributed by atoms with E-state index >= 15 is 0 Å². The van der Waals surface area contributed by atoms with Crippen molar-refractivity contribution in [3.63, 3.8) is 0 Å². The Kier molecular flexibility index (Phi) is 12.0. The van der Waals surface area contributed by atoms with Crippen molar-refractivity contribution >= 4 is 34.9 Å². The van der Waals surface area contributed by atoms with E-state index in [0.717, 1.165) is 30.1 Å². The number of rotatable bonds is 15. The van der Waals surface area contributed by atoms with Crippen molar-refractivity contribution in [2.24, 2.45) is 0 Å². The van der Waals surface area contributed by atoms with E-state index in [-0.39, 0.29) is 18.4 Å². The van der Waals surface area contributed by atoms with Gasteiger partial charge in [0.15, 0.2) is 11.5 Å². The molecular weight excluding hydrogens is 555 g/mol. The van der Waals surface area contributed by atoms with E-state index in [1.807, 2.05) is 53.4 Å². The number of carbonyl (C=O) groups excluding carboxylic acids is 2. The molecule has 1 saturated heterocycles. The Morgan fingerprint density at radius 1 is 0.927 bits per heavy atom. The molecule has 2 amide bonds. The van der Waals surface area contributed by atoms with E-state index in [0.29, 0.717) is 43.3 Å². The predicted molar refractivity (Wildman–Crippen MR) is 167 cm³/mol. The summed E-state index contributed by atoms with van der Waals surface area (Å²) in [6, 6.07) is 17.9. The molecule has 220 valence electrons. The zero-order chi connectivity index (χ0) is 29.0. The van der Waals surface area contributed by atoms with Crippen molar-refractivity contribution < 1.29 is 19.1 Å². The molecule has 3 aromatic rings. The molecule has 1 aromatic heterocycles. The molecule has 9 heteroatoms. The zero-order valence-corrected chi connectivity index (χ0v) is 26.0. The smallest absolute Gasteiger partial charge is 0.242 e. The topological polar surface area (TPSA) is 62.3 Å². The van der Waals surface area contributed by atoms with Gasteiger partial charge in [-0.15, -0.1) is 23.1 Å². The summed E-state index contributed by atoms with van der Waals surface area (Å²) < 4.78 is 10.9. The van der Waals surface area contributed by atoms with Gasteiger partial charge in [-0.05, 0) is 86.1 Å². The third-order valence-electron chi connectivity index (χ3n) is 7.44. The highest BCUT2D eigenvalue weighted by atomic mass is 32.2. The minimum atomic E-state index is -0.0299. The van der Waals surface area contributed by atoms with Crippen molar-refractivity contribution in [1.29, 1.82) is 0 Å². The first-order valence-electron chi connectivity index (χ1n) is 14.2. The molecule has 2 aromatic carbocycles. The van der Waals surface area contributed by atoms with Gasteiger partial charge in [-0.3, -0.25) is 9.59 Å². The lowest BCUT2D eigenvalue weighted by molar-refractivity contribution is -0.139. The normalized spacial score (nSPS) is 13.2. The van der Waals surface area contributed by atoms with Crippen LogP contribution in [0.4, 0.5) is 0 Å². The quantitative estimate of drug-likeness (QED) is 0.221. The summed E-state index contributed by atoms with van der Waals surface area (Å²) in [5.74, 6) is 1.63. The molecule has 41 heavy (non-hydrogen) atoms. The molecule has 7 nitrogen and oxygen atoms in total. The minimum absolute atomic E-state index is 0.00135. The number of hydrogen-bond donors (Lipinski definition) is 0. The monoisotopic (exact) mass is 595 g/mol. The fourth-order valence-corrected chi connectivity index (χ4v) is 6.65. The Balaban J connectivity index is 1.47. The highest BCUT2D eigenvalue weighted by molar-refractivity contribution is 8.00. The first-order valence-corrected chi connectivity index (χ1v) is 16.0. The molecule has 4 rings (SSSR count). The lowest BCUT2D eigenvalue weighted by atomic mass is 10.1. The largest absolute Gasteiger partial charge is 0.493 e. The average molecular weight is 596 g/mol. The van der Waals surface area contributed by atoms with Gasteiger partial charge in [-0.2, -0.15) is 0 Å². The molecule has 1 aliphatic rings. The first kappa shape index (κ1) is 30.9. The van der Waals surface area contributed by atoms with Gasteiger partial charge in [0, 0.05) is 29.4 Å². The van der Waals surface area contributed by atoms with Crippen molar-refractivity contribution in [3.8, 4) is 11.5 Å². The molecule has 0 N–H and O–H groups in total. The Morgan fingerprint density at radius 3 is 2.37 bits per heavy atom. The third-order valence-corrected chi connectivity index (χ3v) is 9.45. The minimum Gasteiger partial charge on any atom is -0.493 e. The maximum absolute atomic E-state index is 13.9. The van der Waals surface area contributed by atoms with E-state index in [2.05, 4.69) is 23.3 Å². The van der Waals surface area contributed by atoms with Gasteiger partial charge in [0.05, 0.1) is 33.1 Å². The Morgan fingerprint density at radius 2 is 1.68 bits per heavy atom. The maximum atomic E-state index is 13.9. The van der Waals surface area contributed by atoms with E-state index in [1.54, 1.807) is 30.5 Å². The van der Waals surface area contributed by atoms with Crippen LogP contribution in [0.5, 0.6) is 11.5 Å². The fraction of sp³-hybridized carbons (Fsp3) is 0.438. The van der Waals surface area contributed by atoms with Gasteiger partial charge >= 0.3 is 0 Å². The lowest BCUT2D eigenvalue weighted by Gasteiger charge is -2.29. The number of aryl methyl sites for hydroxylation is 1. The number of nitrogens with zero attached hydrogens (tertiary/aromatic N) is 3. The predicted octanol–water partition coefficient (Wildman–Crippen LogP) is 5.36. The third kappa shape index (κ3) is 9.24. The van der Waals surface area contributed by atoms with Gasteiger partial charge in [0.25, 0.3) is 0 Å². The summed E-state index contributed by atoms with van der Waals surface area (Å²) in [4.78, 5) is 35.6. The van der Waals surface area contributed by atoms with Crippen LogP contribution >= 0.6 is 23.1 Å². The average Bonchev–Trinajstić information content (AvgIpc) is 3.67. The number of hydrogen-bond acceptors (Lipinski definition) is 7. The Labute approximate surface area is 252 Å². The van der Waals surface area contributed by atoms with Crippen LogP contribution in [-0.4, -0.2) is 85.8 Å². The second-order valence-corrected chi connectivity index (χ2v) is 12.3. The summed E-state index contributed by atoms with van der Waals surface area (Å²) in [6.45, 7) is 6.70. The number of ether oxygens (including phenoxy) is 2. The second-order valence-electron chi connectivity index (χ2n) is 10.2. The van der Waals surface area contributed by atoms with Crippen LogP contribution in [0.25, 0.3) is 0 Å². The number of thiophene rings is 1. The molecular formula is C32H41N3O4S2. The van der Waals surface area contributed by atoms with Crippen LogP contribution in [-0.2, 0) is 22.6 Å². The highest BCUT2D eigenvalue weighted by Crippen LogP contribution is 2.28. The number of carbonyl (C=O) groups is 2. The van der Waals surface area contributed by atoms with Gasteiger partial charge in [-0.1, -0.05) is 24.3 Å². The van der Waals surface area contributed by atoms with Gasteiger partial charge in [0.2, 0.25) is 11.8 Å². The number of methoxy groups -OCH3 is 2. The molecule has 0 aliphatic carbocycles. The molecule has 0 spiro atoms. The molecule has 0 atom stereocenters. The molecule has 0 saturated carbocycles. The van der Waals surface area contributed by atoms with Crippen molar-refractivity contribution in [1.82, 2.24) is 14.7 Å². The highest BCUT2D eigenvalue weighted by Gasteiger charge is 2.24.